The number of halogens is 1. The van der Waals surface area contributed by atoms with Crippen molar-refractivity contribution in [3.63, 3.8) is 0 Å². The molecule has 8 heteroatoms. The maximum Gasteiger partial charge on any atom is 0.340 e. The summed E-state index contributed by atoms with van der Waals surface area (Å²) in [4.78, 5) is 11.8. The maximum atomic E-state index is 12.0. The van der Waals surface area contributed by atoms with E-state index in [1.165, 1.54) is 39.2 Å². The molecule has 1 rings (SSSR count). The minimum Gasteiger partial charge on any atom is -0.444 e. The first-order valence-corrected chi connectivity index (χ1v) is 7.76. The highest BCUT2D eigenvalue weighted by Crippen LogP contribution is 2.23. The quantitative estimate of drug-likeness (QED) is 0.763. The van der Waals surface area contributed by atoms with Crippen molar-refractivity contribution >= 4 is 31.9 Å². The number of nitriles is 1. The molecule has 108 valence electrons. The fourth-order valence-corrected chi connectivity index (χ4v) is 2.62. The first-order chi connectivity index (χ1) is 9.20. The Bertz CT molecular complexity index is 665. The lowest BCUT2D eigenvalue weighted by Gasteiger charge is -2.13. The van der Waals surface area contributed by atoms with Crippen LogP contribution >= 0.6 is 15.9 Å². The predicted molar refractivity (Wildman–Crippen MR) is 75.5 cm³/mol. The van der Waals surface area contributed by atoms with Gasteiger partial charge in [-0.05, 0) is 41.1 Å². The first kappa shape index (κ1) is 16.6. The molecule has 1 aromatic rings. The third-order valence-corrected chi connectivity index (χ3v) is 4.90. The van der Waals surface area contributed by atoms with Crippen LogP contribution < -0.4 is 0 Å². The molecule has 0 aromatic heterocycles. The number of benzene rings is 1. The van der Waals surface area contributed by atoms with Crippen LogP contribution in [0.1, 0.15) is 17.3 Å². The van der Waals surface area contributed by atoms with Crippen molar-refractivity contribution in [3.05, 3.63) is 28.2 Å². The van der Waals surface area contributed by atoms with Crippen LogP contribution in [-0.2, 0) is 14.8 Å². The van der Waals surface area contributed by atoms with Gasteiger partial charge in [0.05, 0.1) is 10.5 Å². The highest BCUT2D eigenvalue weighted by atomic mass is 79.9. The Hall–Kier alpha value is -1.43. The maximum absolute atomic E-state index is 12.0. The highest BCUT2D eigenvalue weighted by molar-refractivity contribution is 9.10. The van der Waals surface area contributed by atoms with E-state index in [9.17, 15) is 13.2 Å². The highest BCUT2D eigenvalue weighted by Gasteiger charge is 2.22. The Morgan fingerprint density at radius 1 is 1.45 bits per heavy atom. The monoisotopic (exact) mass is 360 g/mol. The number of hydrogen-bond acceptors (Lipinski definition) is 5. The van der Waals surface area contributed by atoms with E-state index in [4.69, 9.17) is 10.00 Å². The van der Waals surface area contributed by atoms with E-state index in [1.807, 2.05) is 0 Å². The minimum absolute atomic E-state index is 0.0257. The van der Waals surface area contributed by atoms with Gasteiger partial charge in [0.1, 0.15) is 6.07 Å². The van der Waals surface area contributed by atoms with Gasteiger partial charge in [0.25, 0.3) is 0 Å². The smallest absolute Gasteiger partial charge is 0.340 e. The summed E-state index contributed by atoms with van der Waals surface area (Å²) in [5, 5.41) is 8.62. The number of sulfonamides is 1. The summed E-state index contributed by atoms with van der Waals surface area (Å²) in [6, 6.07) is 5.80. The molecule has 0 saturated carbocycles. The van der Waals surface area contributed by atoms with E-state index in [0.29, 0.717) is 4.47 Å². The van der Waals surface area contributed by atoms with Gasteiger partial charge < -0.3 is 4.74 Å². The van der Waals surface area contributed by atoms with E-state index in [-0.39, 0.29) is 10.5 Å². The van der Waals surface area contributed by atoms with E-state index in [0.717, 1.165) is 4.31 Å². The Morgan fingerprint density at radius 3 is 2.55 bits per heavy atom. The summed E-state index contributed by atoms with van der Waals surface area (Å²) in [6.07, 6.45) is -0.913. The Kier molecular flexibility index (Phi) is 5.28. The third-order valence-electron chi connectivity index (χ3n) is 2.40. The zero-order valence-electron chi connectivity index (χ0n) is 11.1. The number of rotatable bonds is 4. The van der Waals surface area contributed by atoms with Crippen LogP contribution in [0, 0.1) is 11.3 Å². The van der Waals surface area contributed by atoms with Crippen LogP contribution in [0.5, 0.6) is 0 Å². The molecule has 1 atom stereocenters. The number of esters is 1. The minimum atomic E-state index is -3.64. The lowest BCUT2D eigenvalue weighted by Crippen LogP contribution is -2.23. The Labute approximate surface area is 126 Å². The SMILES string of the molecule is C[C@@H](C#N)OC(=O)c1cc(S(=O)(=O)N(C)C)ccc1Br. The normalized spacial score (nSPS) is 12.8. The zero-order valence-corrected chi connectivity index (χ0v) is 13.5. The van der Waals surface area contributed by atoms with Crippen molar-refractivity contribution in [1.82, 2.24) is 4.31 Å². The average molecular weight is 361 g/mol. The molecule has 0 heterocycles. The Balaban J connectivity index is 3.24. The number of carbonyl (C=O) groups is 1. The second kappa shape index (κ2) is 6.35. The molecule has 1 aromatic carbocycles. The molecule has 0 radical (unpaired) electrons. The molecule has 6 nitrogen and oxygen atoms in total. The van der Waals surface area contributed by atoms with Crippen LogP contribution in [0.4, 0.5) is 0 Å². The van der Waals surface area contributed by atoms with Crippen LogP contribution in [0.15, 0.2) is 27.6 Å². The number of ether oxygens (including phenoxy) is 1. The molecular weight excluding hydrogens is 348 g/mol. The molecule has 0 aliphatic rings. The summed E-state index contributed by atoms with van der Waals surface area (Å²) in [6.45, 7) is 1.42. The fraction of sp³-hybridized carbons (Fsp3) is 0.333. The average Bonchev–Trinajstić information content (AvgIpc) is 2.38. The summed E-state index contributed by atoms with van der Waals surface area (Å²) < 4.78 is 30.3. The van der Waals surface area contributed by atoms with Gasteiger partial charge in [-0.25, -0.2) is 17.5 Å². The summed E-state index contributed by atoms with van der Waals surface area (Å²) >= 11 is 3.15. The van der Waals surface area contributed by atoms with Crippen LogP contribution in [0.3, 0.4) is 0 Å². The largest absolute Gasteiger partial charge is 0.444 e. The molecule has 0 aliphatic heterocycles. The summed E-state index contributed by atoms with van der Waals surface area (Å²) in [5.41, 5.74) is 0.0509. The van der Waals surface area contributed by atoms with E-state index >= 15 is 0 Å². The molecule has 0 N–H and O–H groups in total. The first-order valence-electron chi connectivity index (χ1n) is 5.53. The molecule has 0 fully saturated rings. The van der Waals surface area contributed by atoms with Gasteiger partial charge >= 0.3 is 5.97 Å². The molecule has 20 heavy (non-hydrogen) atoms. The topological polar surface area (TPSA) is 87.5 Å². The van der Waals surface area contributed by atoms with Gasteiger partial charge in [-0.1, -0.05) is 0 Å². The molecule has 0 spiro atoms. The van der Waals surface area contributed by atoms with Crippen molar-refractivity contribution in [3.8, 4) is 6.07 Å². The second-order valence-corrected chi connectivity index (χ2v) is 7.11. The molecule has 0 saturated heterocycles. The summed E-state index contributed by atoms with van der Waals surface area (Å²) in [5.74, 6) is -0.762. The van der Waals surface area contributed by atoms with Crippen molar-refractivity contribution in [2.45, 2.75) is 17.9 Å². The van der Waals surface area contributed by atoms with Crippen molar-refractivity contribution < 1.29 is 17.9 Å². The van der Waals surface area contributed by atoms with Gasteiger partial charge in [-0.3, -0.25) is 0 Å². The second-order valence-electron chi connectivity index (χ2n) is 4.11. The van der Waals surface area contributed by atoms with Crippen LogP contribution in [-0.4, -0.2) is 38.9 Å². The van der Waals surface area contributed by atoms with Gasteiger partial charge in [-0.15, -0.1) is 0 Å². The zero-order chi connectivity index (χ0) is 15.5. The van der Waals surface area contributed by atoms with Crippen molar-refractivity contribution in [2.24, 2.45) is 0 Å². The molecule has 0 unspecified atom stereocenters. The van der Waals surface area contributed by atoms with Gasteiger partial charge in [0.15, 0.2) is 6.10 Å². The standard InChI is InChI=1S/C12H13BrN2O4S/c1-8(7-14)19-12(16)10-6-9(4-5-11(10)13)20(17,18)15(2)3/h4-6,8H,1-3H3/t8-/m0/s1. The van der Waals surface area contributed by atoms with Crippen LogP contribution in [0.25, 0.3) is 0 Å². The molecular formula is C12H13BrN2O4S. The predicted octanol–water partition coefficient (Wildman–Crippen LogP) is 1.77. The number of nitrogens with zero attached hydrogens (tertiary/aromatic N) is 2. The lowest BCUT2D eigenvalue weighted by molar-refractivity contribution is 0.0434. The van der Waals surface area contributed by atoms with Crippen molar-refractivity contribution in [1.29, 1.82) is 5.26 Å². The van der Waals surface area contributed by atoms with Gasteiger partial charge in [-0.2, -0.15) is 5.26 Å². The van der Waals surface area contributed by atoms with Gasteiger partial charge in [0.2, 0.25) is 10.0 Å². The molecule has 0 amide bonds. The fourth-order valence-electron chi connectivity index (χ4n) is 1.28. The van der Waals surface area contributed by atoms with Crippen LogP contribution in [0.2, 0.25) is 0 Å². The summed E-state index contributed by atoms with van der Waals surface area (Å²) in [7, 11) is -0.852. The van der Waals surface area contributed by atoms with Crippen molar-refractivity contribution in [2.75, 3.05) is 14.1 Å². The number of hydrogen-bond donors (Lipinski definition) is 0. The third kappa shape index (κ3) is 3.56. The molecule has 0 bridgehead atoms. The molecule has 0 aliphatic carbocycles. The van der Waals surface area contributed by atoms with E-state index in [2.05, 4.69) is 15.9 Å². The van der Waals surface area contributed by atoms with E-state index in [1.54, 1.807) is 6.07 Å². The lowest BCUT2D eigenvalue weighted by atomic mass is 10.2. The number of carbonyl (C=O) groups excluding carboxylic acids is 1. The van der Waals surface area contributed by atoms with E-state index < -0.39 is 22.1 Å². The van der Waals surface area contributed by atoms with Gasteiger partial charge in [0, 0.05) is 18.6 Å². The Morgan fingerprint density at radius 2 is 2.05 bits per heavy atom.